The number of carbonyl (C=O) groups excluding carboxylic acids is 4. The molecular formula is C7H7IrO4-. The van der Waals surface area contributed by atoms with E-state index in [0.29, 0.717) is 6.29 Å². The molecule has 0 aliphatic heterocycles. The van der Waals surface area contributed by atoms with Crippen LogP contribution >= 0.6 is 0 Å². The van der Waals surface area contributed by atoms with Crippen LogP contribution in [0.2, 0.25) is 0 Å². The molecule has 0 heterocycles. The van der Waals surface area contributed by atoms with Gasteiger partial charge in [0.2, 0.25) is 0 Å². The molecule has 0 aliphatic carbocycles. The minimum atomic E-state index is -0.720. The first-order chi connectivity index (χ1) is 5.13. The van der Waals surface area contributed by atoms with Crippen molar-refractivity contribution in [2.45, 2.75) is 13.3 Å². The number of aldehydes is 2. The van der Waals surface area contributed by atoms with Gasteiger partial charge in [0.15, 0.2) is 0 Å². The van der Waals surface area contributed by atoms with E-state index in [1.807, 2.05) is 0 Å². The van der Waals surface area contributed by atoms with Crippen LogP contribution in [0.15, 0.2) is 0 Å². The van der Waals surface area contributed by atoms with Crippen LogP contribution < -0.4 is 0 Å². The van der Waals surface area contributed by atoms with E-state index in [1.54, 1.807) is 0 Å². The number of hydrogen-bond donors (Lipinski definition) is 0. The Morgan fingerprint density at radius 3 is 2.08 bits per heavy atom. The molecule has 5 heteroatoms. The largest absolute Gasteiger partial charge is 0.337 e. The summed E-state index contributed by atoms with van der Waals surface area (Å²) in [5, 5.41) is 0. The Labute approximate surface area is 83.1 Å². The van der Waals surface area contributed by atoms with Crippen LogP contribution in [-0.4, -0.2) is 24.1 Å². The molecule has 0 saturated carbocycles. The molecule has 0 N–H and O–H groups in total. The number of carbonyl (C=O) groups is 4. The number of ketones is 2. The molecule has 0 saturated heterocycles. The van der Waals surface area contributed by atoms with Crippen molar-refractivity contribution in [3.63, 3.8) is 0 Å². The first kappa shape index (κ1) is 13.8. The van der Waals surface area contributed by atoms with E-state index in [-0.39, 0.29) is 26.4 Å². The maximum Gasteiger partial charge on any atom is 0.124 e. The number of Topliss-reactive ketones (excluding diaryl/α,β-unsaturated/α-hetero) is 2. The molecule has 0 atom stereocenters. The predicted octanol–water partition coefficient (Wildman–Crippen LogP) is -0.496. The van der Waals surface area contributed by atoms with E-state index < -0.39 is 23.9 Å². The average Bonchev–Trinajstić information content (AvgIpc) is 1.88. The zero-order valence-corrected chi connectivity index (χ0v) is 8.72. The van der Waals surface area contributed by atoms with Gasteiger partial charge in [0, 0.05) is 44.4 Å². The minimum Gasteiger partial charge on any atom is -0.337 e. The zero-order chi connectivity index (χ0) is 8.85. The second kappa shape index (κ2) is 6.88. The van der Waals surface area contributed by atoms with Gasteiger partial charge < -0.3 is 19.2 Å². The number of rotatable bonds is 5. The molecule has 0 aromatic rings. The van der Waals surface area contributed by atoms with Crippen LogP contribution in [0.1, 0.15) is 13.3 Å². The smallest absolute Gasteiger partial charge is 0.124 e. The molecule has 0 rings (SSSR count). The molecule has 0 spiro atoms. The maximum atomic E-state index is 10.7. The van der Waals surface area contributed by atoms with Crippen LogP contribution in [0.25, 0.3) is 0 Å². The number of hydrogen-bond acceptors (Lipinski definition) is 4. The van der Waals surface area contributed by atoms with Gasteiger partial charge >= 0.3 is 0 Å². The van der Waals surface area contributed by atoms with Crippen molar-refractivity contribution >= 4 is 24.1 Å². The molecule has 0 fully saturated rings. The Kier molecular flexibility index (Phi) is 7.89. The van der Waals surface area contributed by atoms with E-state index >= 15 is 0 Å². The molecular weight excluding hydrogens is 340 g/mol. The summed E-state index contributed by atoms with van der Waals surface area (Å²) < 4.78 is 0. The molecule has 1 radical (unpaired) electrons. The van der Waals surface area contributed by atoms with Crippen molar-refractivity contribution in [3.8, 4) is 0 Å². The van der Waals surface area contributed by atoms with E-state index in [9.17, 15) is 19.2 Å². The van der Waals surface area contributed by atoms with E-state index in [2.05, 4.69) is 0 Å². The summed E-state index contributed by atoms with van der Waals surface area (Å²) in [6.07, 6.45) is 0.122. The average molecular weight is 347 g/mol. The van der Waals surface area contributed by atoms with Crippen LogP contribution in [0.3, 0.4) is 0 Å². The molecule has 0 aromatic heterocycles. The Hall–Kier alpha value is -0.801. The molecule has 69 valence electrons. The minimum absolute atomic E-state index is 0. The Morgan fingerprint density at radius 2 is 1.83 bits per heavy atom. The normalized spacial score (nSPS) is 7.75. The summed E-state index contributed by atoms with van der Waals surface area (Å²) in [7, 11) is 0. The third-order valence-electron chi connectivity index (χ3n) is 1.07. The molecule has 0 bridgehead atoms. The van der Waals surface area contributed by atoms with Gasteiger partial charge in [-0.2, -0.15) is 5.92 Å². The molecule has 0 aliphatic rings. The van der Waals surface area contributed by atoms with E-state index in [4.69, 9.17) is 0 Å². The summed E-state index contributed by atoms with van der Waals surface area (Å²) in [5.41, 5.74) is 0. The van der Waals surface area contributed by atoms with Crippen LogP contribution in [0, 0.1) is 5.92 Å². The van der Waals surface area contributed by atoms with Crippen LogP contribution in [0.5, 0.6) is 0 Å². The zero-order valence-electron chi connectivity index (χ0n) is 6.33. The van der Waals surface area contributed by atoms with Gasteiger partial charge in [-0.25, -0.2) is 0 Å². The fourth-order valence-electron chi connectivity index (χ4n) is 0.531. The first-order valence-electron chi connectivity index (χ1n) is 2.93. The van der Waals surface area contributed by atoms with Crippen molar-refractivity contribution < 1.29 is 39.3 Å². The Morgan fingerprint density at radius 1 is 1.33 bits per heavy atom. The van der Waals surface area contributed by atoms with Crippen molar-refractivity contribution in [1.82, 2.24) is 0 Å². The van der Waals surface area contributed by atoms with E-state index in [0.717, 1.165) is 6.92 Å². The van der Waals surface area contributed by atoms with Gasteiger partial charge in [-0.3, -0.25) is 0 Å². The second-order valence-electron chi connectivity index (χ2n) is 1.88. The van der Waals surface area contributed by atoms with Crippen molar-refractivity contribution in [2.75, 3.05) is 0 Å². The summed E-state index contributed by atoms with van der Waals surface area (Å²) in [4.78, 5) is 41.0. The topological polar surface area (TPSA) is 68.3 Å². The fraction of sp³-hybridized carbons (Fsp3) is 0.286. The third-order valence-corrected chi connectivity index (χ3v) is 1.07. The fourth-order valence-corrected chi connectivity index (χ4v) is 0.531. The van der Waals surface area contributed by atoms with Crippen LogP contribution in [0.4, 0.5) is 0 Å². The quantitative estimate of drug-likeness (QED) is 0.382. The maximum absolute atomic E-state index is 10.7. The first-order valence-corrected chi connectivity index (χ1v) is 2.93. The van der Waals surface area contributed by atoms with Gasteiger partial charge in [-0.15, -0.1) is 0 Å². The van der Waals surface area contributed by atoms with Gasteiger partial charge in [-0.05, 0) is 6.92 Å². The summed E-state index contributed by atoms with van der Waals surface area (Å²) in [6, 6.07) is 0. The third kappa shape index (κ3) is 4.16. The molecule has 4 nitrogen and oxygen atoms in total. The van der Waals surface area contributed by atoms with Gasteiger partial charge in [0.25, 0.3) is 0 Å². The second-order valence-corrected chi connectivity index (χ2v) is 1.88. The summed E-state index contributed by atoms with van der Waals surface area (Å²) >= 11 is 0. The summed E-state index contributed by atoms with van der Waals surface area (Å²) in [5.74, 6) is -1.77. The monoisotopic (exact) mass is 348 g/mol. The molecule has 0 amide bonds. The Balaban J connectivity index is 0. The standard InChI is InChI=1S/C7H7O4.Ir/c1-5(10)6(4-9)7(11)2-3-8;/h3-4H,2H2,1H3;/q-1;. The molecule has 0 aromatic carbocycles. The SMILES string of the molecule is CC(=O)[C-](C=O)C(=O)CC=O.[Ir]. The van der Waals surface area contributed by atoms with Gasteiger partial charge in [0.05, 0.1) is 0 Å². The van der Waals surface area contributed by atoms with Gasteiger partial charge in [0.1, 0.15) is 6.29 Å². The summed E-state index contributed by atoms with van der Waals surface area (Å²) in [6.45, 7) is 1.10. The molecule has 0 unspecified atom stereocenters. The van der Waals surface area contributed by atoms with Crippen molar-refractivity contribution in [2.24, 2.45) is 0 Å². The van der Waals surface area contributed by atoms with Crippen molar-refractivity contribution in [1.29, 1.82) is 0 Å². The van der Waals surface area contributed by atoms with Gasteiger partial charge in [-0.1, -0.05) is 0 Å². The van der Waals surface area contributed by atoms with Crippen molar-refractivity contribution in [3.05, 3.63) is 5.92 Å². The van der Waals surface area contributed by atoms with Crippen LogP contribution in [-0.2, 0) is 39.3 Å². The van der Waals surface area contributed by atoms with E-state index in [1.165, 1.54) is 0 Å². The molecule has 12 heavy (non-hydrogen) atoms. The Bertz CT molecular complexity index is 200. The predicted molar refractivity (Wildman–Crippen MR) is 35.7 cm³/mol.